The molecule has 24 heavy (non-hydrogen) atoms. The van der Waals surface area contributed by atoms with E-state index in [-0.39, 0.29) is 11.9 Å². The molecule has 7 heteroatoms. The van der Waals surface area contributed by atoms with Crippen LogP contribution in [0.4, 0.5) is 6.01 Å². The zero-order chi connectivity index (χ0) is 17.3. The van der Waals surface area contributed by atoms with Gasteiger partial charge in [-0.3, -0.25) is 14.8 Å². The number of aromatic nitrogens is 4. The predicted octanol–water partition coefficient (Wildman–Crippen LogP) is 3.13. The number of rotatable bonds is 4. The van der Waals surface area contributed by atoms with Gasteiger partial charge < -0.3 is 4.42 Å². The van der Waals surface area contributed by atoms with Gasteiger partial charge in [-0.05, 0) is 57.0 Å². The fraction of sp³-hybridized carbons (Fsp3) is 0.294. The van der Waals surface area contributed by atoms with E-state index in [4.69, 9.17) is 4.42 Å². The lowest BCUT2D eigenvalue weighted by atomic mass is 10.1. The van der Waals surface area contributed by atoms with Gasteiger partial charge in [-0.25, -0.2) is 0 Å². The number of benzene rings is 1. The summed E-state index contributed by atoms with van der Waals surface area (Å²) in [7, 11) is 0. The highest BCUT2D eigenvalue weighted by molar-refractivity contribution is 6.01. The van der Waals surface area contributed by atoms with E-state index in [1.807, 2.05) is 45.9 Å². The van der Waals surface area contributed by atoms with Gasteiger partial charge >= 0.3 is 6.01 Å². The molecule has 0 radical (unpaired) electrons. The third-order valence-corrected chi connectivity index (χ3v) is 3.83. The number of carbonyl (C=O) groups excluding carboxylic acids is 1. The minimum Gasteiger partial charge on any atom is -0.403 e. The summed E-state index contributed by atoms with van der Waals surface area (Å²) in [5.74, 6) is 0.0429. The Morgan fingerprint density at radius 2 is 1.96 bits per heavy atom. The zero-order valence-corrected chi connectivity index (χ0v) is 14.1. The molecule has 0 aliphatic carbocycles. The van der Waals surface area contributed by atoms with Crippen LogP contribution in [0, 0.1) is 20.8 Å². The second kappa shape index (κ2) is 6.27. The summed E-state index contributed by atoms with van der Waals surface area (Å²) in [4.78, 5) is 12.4. The standard InChI is InChI=1S/C17H19N5O2/c1-5-22-14(9-12(4)21-22)15(23)18-17-20-19-16(24-17)13-7-6-10(2)11(3)8-13/h6-9H,5H2,1-4H3,(H,18,20,23). The van der Waals surface area contributed by atoms with E-state index < -0.39 is 0 Å². The highest BCUT2D eigenvalue weighted by atomic mass is 16.4. The van der Waals surface area contributed by atoms with Crippen molar-refractivity contribution in [2.45, 2.75) is 34.2 Å². The Labute approximate surface area is 139 Å². The van der Waals surface area contributed by atoms with Crippen molar-refractivity contribution in [2.24, 2.45) is 0 Å². The number of hydrogen-bond acceptors (Lipinski definition) is 5. The van der Waals surface area contributed by atoms with Gasteiger partial charge in [0.25, 0.3) is 5.91 Å². The summed E-state index contributed by atoms with van der Waals surface area (Å²) in [6.07, 6.45) is 0. The molecule has 1 N–H and O–H groups in total. The third-order valence-electron chi connectivity index (χ3n) is 3.83. The minimum atomic E-state index is -0.326. The SMILES string of the molecule is CCn1nc(C)cc1C(=O)Nc1nnc(-c2ccc(C)c(C)c2)o1. The topological polar surface area (TPSA) is 85.8 Å². The van der Waals surface area contributed by atoms with Crippen molar-refractivity contribution in [1.29, 1.82) is 0 Å². The van der Waals surface area contributed by atoms with Crippen molar-refractivity contribution < 1.29 is 9.21 Å². The molecule has 0 atom stereocenters. The van der Waals surface area contributed by atoms with Crippen LogP contribution in [-0.4, -0.2) is 25.9 Å². The van der Waals surface area contributed by atoms with Gasteiger partial charge in [0.15, 0.2) is 0 Å². The molecule has 124 valence electrons. The molecule has 2 aromatic heterocycles. The van der Waals surface area contributed by atoms with E-state index in [2.05, 4.69) is 20.6 Å². The van der Waals surface area contributed by atoms with Crippen LogP contribution in [0.15, 0.2) is 28.7 Å². The Balaban J connectivity index is 1.80. The smallest absolute Gasteiger partial charge is 0.322 e. The van der Waals surface area contributed by atoms with E-state index in [0.717, 1.165) is 16.8 Å². The molecule has 0 saturated carbocycles. The van der Waals surface area contributed by atoms with Crippen molar-refractivity contribution in [2.75, 3.05) is 5.32 Å². The van der Waals surface area contributed by atoms with E-state index in [1.54, 1.807) is 10.7 Å². The van der Waals surface area contributed by atoms with Crippen molar-refractivity contribution >= 4 is 11.9 Å². The fourth-order valence-electron chi connectivity index (χ4n) is 2.40. The zero-order valence-electron chi connectivity index (χ0n) is 14.1. The van der Waals surface area contributed by atoms with Gasteiger partial charge in [0, 0.05) is 12.1 Å². The maximum atomic E-state index is 12.4. The van der Waals surface area contributed by atoms with Crippen LogP contribution in [0.1, 0.15) is 34.2 Å². The summed E-state index contributed by atoms with van der Waals surface area (Å²) in [6.45, 7) is 8.43. The molecular weight excluding hydrogens is 306 g/mol. The van der Waals surface area contributed by atoms with Crippen molar-refractivity contribution in [3.8, 4) is 11.5 Å². The Morgan fingerprint density at radius 3 is 2.67 bits per heavy atom. The predicted molar refractivity (Wildman–Crippen MR) is 89.8 cm³/mol. The second-order valence-electron chi connectivity index (χ2n) is 5.65. The van der Waals surface area contributed by atoms with Gasteiger partial charge in [0.05, 0.1) is 5.69 Å². The number of nitrogens with zero attached hydrogens (tertiary/aromatic N) is 4. The number of anilines is 1. The van der Waals surface area contributed by atoms with Crippen LogP contribution in [0.3, 0.4) is 0 Å². The third kappa shape index (κ3) is 3.05. The molecule has 0 aliphatic rings. The first kappa shape index (κ1) is 15.9. The van der Waals surface area contributed by atoms with Crippen molar-refractivity contribution in [1.82, 2.24) is 20.0 Å². The van der Waals surface area contributed by atoms with Gasteiger partial charge in [0.1, 0.15) is 5.69 Å². The number of carbonyl (C=O) groups is 1. The first-order valence-corrected chi connectivity index (χ1v) is 7.75. The van der Waals surface area contributed by atoms with Gasteiger partial charge in [-0.15, -0.1) is 5.10 Å². The van der Waals surface area contributed by atoms with Crippen LogP contribution in [0.5, 0.6) is 0 Å². The molecule has 1 aromatic carbocycles. The normalized spacial score (nSPS) is 10.8. The van der Waals surface area contributed by atoms with Gasteiger partial charge in [-0.2, -0.15) is 5.10 Å². The van der Waals surface area contributed by atoms with E-state index >= 15 is 0 Å². The average molecular weight is 325 g/mol. The molecule has 0 spiro atoms. The van der Waals surface area contributed by atoms with E-state index in [9.17, 15) is 4.79 Å². The van der Waals surface area contributed by atoms with E-state index in [0.29, 0.717) is 18.1 Å². The number of aryl methyl sites for hydroxylation is 4. The maximum Gasteiger partial charge on any atom is 0.322 e. The summed E-state index contributed by atoms with van der Waals surface area (Å²) >= 11 is 0. The number of hydrogen-bond donors (Lipinski definition) is 1. The first-order chi connectivity index (χ1) is 11.5. The Hall–Kier alpha value is -2.96. The molecule has 0 saturated heterocycles. The highest BCUT2D eigenvalue weighted by Gasteiger charge is 2.17. The molecule has 3 rings (SSSR count). The molecule has 2 heterocycles. The molecule has 3 aromatic rings. The summed E-state index contributed by atoms with van der Waals surface area (Å²) in [6, 6.07) is 7.67. The quantitative estimate of drug-likeness (QED) is 0.796. The van der Waals surface area contributed by atoms with Gasteiger partial charge in [-0.1, -0.05) is 11.2 Å². The minimum absolute atomic E-state index is 0.0646. The lowest BCUT2D eigenvalue weighted by Gasteiger charge is -2.03. The van der Waals surface area contributed by atoms with E-state index in [1.165, 1.54) is 5.56 Å². The summed E-state index contributed by atoms with van der Waals surface area (Å²) in [5.41, 5.74) is 4.39. The molecule has 7 nitrogen and oxygen atoms in total. The molecule has 0 aliphatic heterocycles. The largest absolute Gasteiger partial charge is 0.403 e. The van der Waals surface area contributed by atoms with Crippen LogP contribution in [0.25, 0.3) is 11.5 Å². The van der Waals surface area contributed by atoms with Crippen LogP contribution >= 0.6 is 0 Å². The molecule has 0 bridgehead atoms. The molecular formula is C17H19N5O2. The number of amides is 1. The molecule has 0 fully saturated rings. The second-order valence-corrected chi connectivity index (χ2v) is 5.65. The lowest BCUT2D eigenvalue weighted by Crippen LogP contribution is -2.17. The van der Waals surface area contributed by atoms with Crippen molar-refractivity contribution in [3.63, 3.8) is 0 Å². The monoisotopic (exact) mass is 325 g/mol. The van der Waals surface area contributed by atoms with Gasteiger partial charge in [0.2, 0.25) is 5.89 Å². The Kier molecular flexibility index (Phi) is 4.16. The summed E-state index contributed by atoms with van der Waals surface area (Å²) in [5, 5.41) is 14.8. The summed E-state index contributed by atoms with van der Waals surface area (Å²) < 4.78 is 7.18. The lowest BCUT2D eigenvalue weighted by molar-refractivity contribution is 0.101. The molecule has 1 amide bonds. The van der Waals surface area contributed by atoms with Crippen LogP contribution in [0.2, 0.25) is 0 Å². The van der Waals surface area contributed by atoms with Crippen LogP contribution in [-0.2, 0) is 6.54 Å². The van der Waals surface area contributed by atoms with Crippen LogP contribution < -0.4 is 5.32 Å². The number of nitrogens with one attached hydrogen (secondary N) is 1. The fourth-order valence-corrected chi connectivity index (χ4v) is 2.40. The Morgan fingerprint density at radius 1 is 1.17 bits per heavy atom. The maximum absolute atomic E-state index is 12.4. The Bertz CT molecular complexity index is 894. The molecule has 0 unspecified atom stereocenters. The highest BCUT2D eigenvalue weighted by Crippen LogP contribution is 2.22. The first-order valence-electron chi connectivity index (χ1n) is 7.75. The van der Waals surface area contributed by atoms with Crippen molar-refractivity contribution in [3.05, 3.63) is 46.8 Å². The average Bonchev–Trinajstić information content (AvgIpc) is 3.16.